The van der Waals surface area contributed by atoms with Gasteiger partial charge in [0.1, 0.15) is 0 Å². The highest BCUT2D eigenvalue weighted by Gasteiger charge is 2.46. The van der Waals surface area contributed by atoms with E-state index in [1.54, 1.807) is 6.20 Å². The Morgan fingerprint density at radius 2 is 2.40 bits per heavy atom. The second-order valence-electron chi connectivity index (χ2n) is 4.88. The van der Waals surface area contributed by atoms with Gasteiger partial charge >= 0.3 is 0 Å². The van der Waals surface area contributed by atoms with Crippen LogP contribution in [0.2, 0.25) is 0 Å². The number of aliphatic hydroxyl groups excluding tert-OH is 1. The Morgan fingerprint density at radius 1 is 1.60 bits per heavy atom. The second kappa shape index (κ2) is 3.94. The number of imidazole rings is 1. The molecule has 1 aliphatic carbocycles. The Hall–Kier alpha value is -0.870. The van der Waals surface area contributed by atoms with Crippen LogP contribution in [-0.4, -0.2) is 33.3 Å². The Balaban J connectivity index is 1.71. The zero-order valence-corrected chi connectivity index (χ0v) is 9.35. The Bertz CT molecular complexity index is 308. The fraction of sp³-hybridized carbons (Fsp3) is 0.727. The molecule has 1 saturated carbocycles. The van der Waals surface area contributed by atoms with Crippen LogP contribution in [0.25, 0.3) is 0 Å². The topological polar surface area (TPSA) is 50.1 Å². The van der Waals surface area contributed by atoms with Crippen molar-refractivity contribution in [2.75, 3.05) is 6.54 Å². The molecule has 15 heavy (non-hydrogen) atoms. The molecule has 4 heteroatoms. The van der Waals surface area contributed by atoms with Gasteiger partial charge in [0.15, 0.2) is 0 Å². The van der Waals surface area contributed by atoms with Crippen LogP contribution in [0, 0.1) is 5.41 Å². The first-order valence-electron chi connectivity index (χ1n) is 5.48. The summed E-state index contributed by atoms with van der Waals surface area (Å²) in [6.45, 7) is 6.08. The number of aromatic nitrogens is 2. The molecule has 1 fully saturated rings. The lowest BCUT2D eigenvalue weighted by Gasteiger charge is -2.49. The summed E-state index contributed by atoms with van der Waals surface area (Å²) in [6, 6.07) is 0.441. The average Bonchev–Trinajstić information content (AvgIpc) is 2.69. The van der Waals surface area contributed by atoms with Crippen molar-refractivity contribution in [1.82, 2.24) is 14.9 Å². The first-order valence-corrected chi connectivity index (χ1v) is 5.48. The molecule has 1 heterocycles. The zero-order chi connectivity index (χ0) is 10.9. The lowest BCUT2D eigenvalue weighted by Crippen LogP contribution is -2.60. The summed E-state index contributed by atoms with van der Waals surface area (Å²) in [5, 5.41) is 13.0. The first kappa shape index (κ1) is 10.6. The van der Waals surface area contributed by atoms with Crippen molar-refractivity contribution in [3.05, 3.63) is 18.7 Å². The van der Waals surface area contributed by atoms with Gasteiger partial charge in [-0.05, 0) is 6.42 Å². The number of aliphatic hydroxyl groups is 1. The summed E-state index contributed by atoms with van der Waals surface area (Å²) < 4.78 is 2.05. The van der Waals surface area contributed by atoms with Crippen molar-refractivity contribution >= 4 is 0 Å². The van der Waals surface area contributed by atoms with Gasteiger partial charge < -0.3 is 15.0 Å². The molecule has 0 saturated heterocycles. The molecule has 1 aromatic heterocycles. The maximum Gasteiger partial charge on any atom is 0.0946 e. The van der Waals surface area contributed by atoms with Gasteiger partial charge in [0.2, 0.25) is 0 Å². The first-order chi connectivity index (χ1) is 7.10. The van der Waals surface area contributed by atoms with Crippen molar-refractivity contribution in [3.63, 3.8) is 0 Å². The normalized spacial score (nSPS) is 28.7. The molecule has 0 aromatic carbocycles. The van der Waals surface area contributed by atoms with Gasteiger partial charge in [-0.25, -0.2) is 4.98 Å². The van der Waals surface area contributed by atoms with Crippen LogP contribution in [0.3, 0.4) is 0 Å². The Labute approximate surface area is 90.3 Å². The van der Waals surface area contributed by atoms with Gasteiger partial charge in [0, 0.05) is 36.9 Å². The van der Waals surface area contributed by atoms with Crippen molar-refractivity contribution < 1.29 is 5.11 Å². The van der Waals surface area contributed by atoms with Gasteiger partial charge in [-0.1, -0.05) is 13.8 Å². The number of nitrogens with one attached hydrogen (secondary N) is 1. The van der Waals surface area contributed by atoms with Crippen LogP contribution in [0.4, 0.5) is 0 Å². The predicted octanol–water partition coefficient (Wildman–Crippen LogP) is 0.632. The fourth-order valence-corrected chi connectivity index (χ4v) is 2.04. The largest absolute Gasteiger partial charge is 0.392 e. The molecule has 0 spiro atoms. The maximum absolute atomic E-state index is 9.57. The van der Waals surface area contributed by atoms with E-state index in [2.05, 4.69) is 28.7 Å². The van der Waals surface area contributed by atoms with Gasteiger partial charge in [0.05, 0.1) is 12.4 Å². The van der Waals surface area contributed by atoms with E-state index in [-0.39, 0.29) is 11.5 Å². The molecule has 1 aromatic rings. The highest BCUT2D eigenvalue weighted by Crippen LogP contribution is 2.40. The van der Waals surface area contributed by atoms with Crippen molar-refractivity contribution in [1.29, 1.82) is 0 Å². The Kier molecular flexibility index (Phi) is 2.80. The van der Waals surface area contributed by atoms with Crippen LogP contribution in [0.15, 0.2) is 18.7 Å². The molecule has 0 bridgehead atoms. The summed E-state index contributed by atoms with van der Waals surface area (Å²) in [4.78, 5) is 3.99. The molecule has 0 amide bonds. The standard InChI is InChI=1S/C11H19N3O/c1-11(2)9(7-10(11)15)13-4-6-14-5-3-12-8-14/h3,5,8-10,13,15H,4,6-7H2,1-2H3. The molecule has 2 atom stereocenters. The average molecular weight is 209 g/mol. The molecular formula is C11H19N3O. The van der Waals surface area contributed by atoms with Crippen LogP contribution >= 0.6 is 0 Å². The van der Waals surface area contributed by atoms with Crippen LogP contribution in [0.1, 0.15) is 20.3 Å². The van der Waals surface area contributed by atoms with E-state index in [4.69, 9.17) is 0 Å². The van der Waals surface area contributed by atoms with Gasteiger partial charge in [-0.2, -0.15) is 0 Å². The summed E-state index contributed by atoms with van der Waals surface area (Å²) in [5.41, 5.74) is 0.0228. The summed E-state index contributed by atoms with van der Waals surface area (Å²) in [7, 11) is 0. The highest BCUT2D eigenvalue weighted by molar-refractivity contribution is 5.01. The molecule has 2 rings (SSSR count). The minimum Gasteiger partial charge on any atom is -0.392 e. The number of nitrogens with zero attached hydrogens (tertiary/aromatic N) is 2. The van der Waals surface area contributed by atoms with Gasteiger partial charge in [-0.3, -0.25) is 0 Å². The second-order valence-corrected chi connectivity index (χ2v) is 4.88. The lowest BCUT2D eigenvalue weighted by atomic mass is 9.64. The van der Waals surface area contributed by atoms with E-state index < -0.39 is 0 Å². The van der Waals surface area contributed by atoms with Crippen molar-refractivity contribution in [2.45, 2.75) is 39.0 Å². The summed E-state index contributed by atoms with van der Waals surface area (Å²) in [6.07, 6.45) is 6.29. The van der Waals surface area contributed by atoms with Crippen molar-refractivity contribution in [3.8, 4) is 0 Å². The monoisotopic (exact) mass is 209 g/mol. The molecule has 2 N–H and O–H groups in total. The number of hydrogen-bond donors (Lipinski definition) is 2. The van der Waals surface area contributed by atoms with E-state index in [1.807, 2.05) is 12.5 Å². The molecule has 4 nitrogen and oxygen atoms in total. The predicted molar refractivity (Wildman–Crippen MR) is 58.4 cm³/mol. The van der Waals surface area contributed by atoms with E-state index in [1.165, 1.54) is 0 Å². The summed E-state index contributed by atoms with van der Waals surface area (Å²) >= 11 is 0. The van der Waals surface area contributed by atoms with E-state index in [0.29, 0.717) is 6.04 Å². The third-order valence-corrected chi connectivity index (χ3v) is 3.54. The van der Waals surface area contributed by atoms with E-state index in [9.17, 15) is 5.11 Å². The quantitative estimate of drug-likeness (QED) is 0.765. The molecule has 0 aliphatic heterocycles. The minimum absolute atomic E-state index is 0.0228. The third kappa shape index (κ3) is 2.06. The zero-order valence-electron chi connectivity index (χ0n) is 9.35. The van der Waals surface area contributed by atoms with Crippen LogP contribution in [0.5, 0.6) is 0 Å². The van der Waals surface area contributed by atoms with Gasteiger partial charge in [0.25, 0.3) is 0 Å². The van der Waals surface area contributed by atoms with Crippen LogP contribution in [-0.2, 0) is 6.54 Å². The smallest absolute Gasteiger partial charge is 0.0946 e. The number of hydrogen-bond acceptors (Lipinski definition) is 3. The summed E-state index contributed by atoms with van der Waals surface area (Å²) in [5.74, 6) is 0. The lowest BCUT2D eigenvalue weighted by molar-refractivity contribution is -0.0723. The molecule has 0 radical (unpaired) electrons. The van der Waals surface area contributed by atoms with E-state index in [0.717, 1.165) is 19.5 Å². The van der Waals surface area contributed by atoms with E-state index >= 15 is 0 Å². The molecule has 84 valence electrons. The third-order valence-electron chi connectivity index (χ3n) is 3.54. The van der Waals surface area contributed by atoms with Crippen molar-refractivity contribution in [2.24, 2.45) is 5.41 Å². The molecular weight excluding hydrogens is 190 g/mol. The molecule has 1 aliphatic rings. The minimum atomic E-state index is -0.150. The SMILES string of the molecule is CC1(C)C(O)CC1NCCn1ccnc1. The van der Waals surface area contributed by atoms with Crippen LogP contribution < -0.4 is 5.32 Å². The maximum atomic E-state index is 9.57. The molecule has 2 unspecified atom stereocenters. The highest BCUT2D eigenvalue weighted by atomic mass is 16.3. The number of rotatable bonds is 4. The van der Waals surface area contributed by atoms with Gasteiger partial charge in [-0.15, -0.1) is 0 Å². The Morgan fingerprint density at radius 3 is 2.93 bits per heavy atom. The fourth-order valence-electron chi connectivity index (χ4n) is 2.04.